The molecule has 0 saturated heterocycles. The highest BCUT2D eigenvalue weighted by Gasteiger charge is 2.26. The fourth-order valence-corrected chi connectivity index (χ4v) is 1.96. The number of halogens is 3. The third-order valence-corrected chi connectivity index (χ3v) is 2.99. The van der Waals surface area contributed by atoms with Crippen LogP contribution >= 0.6 is 0 Å². The number of hydrogen-bond acceptors (Lipinski definition) is 2. The van der Waals surface area contributed by atoms with Crippen LogP contribution in [0.3, 0.4) is 0 Å². The molecule has 0 aliphatic rings. The van der Waals surface area contributed by atoms with Gasteiger partial charge in [0.2, 0.25) is 0 Å². The summed E-state index contributed by atoms with van der Waals surface area (Å²) in [6, 6.07) is 7.81. The smallest absolute Gasteiger partial charge is 0.369 e. The highest BCUT2D eigenvalue weighted by Crippen LogP contribution is 2.24. The number of hydrogen-bond donors (Lipinski definition) is 1. The van der Waals surface area contributed by atoms with E-state index in [-0.39, 0.29) is 12.5 Å². The van der Waals surface area contributed by atoms with Crippen molar-refractivity contribution in [3.8, 4) is 0 Å². The molecule has 0 unspecified atom stereocenters. The molecule has 1 rings (SSSR count). The summed E-state index contributed by atoms with van der Waals surface area (Å²) in [5.74, 6) is 0. The number of rotatable bonds is 6. The van der Waals surface area contributed by atoms with Gasteiger partial charge in [0, 0.05) is 31.2 Å². The Labute approximate surface area is 112 Å². The van der Waals surface area contributed by atoms with Crippen LogP contribution in [0.25, 0.3) is 0 Å². The minimum Gasteiger partial charge on any atom is -0.369 e. The van der Waals surface area contributed by atoms with Gasteiger partial charge in [0.1, 0.15) is 0 Å². The van der Waals surface area contributed by atoms with Gasteiger partial charge in [0.25, 0.3) is 0 Å². The van der Waals surface area contributed by atoms with Gasteiger partial charge in [0.05, 0.1) is 0 Å². The first-order chi connectivity index (χ1) is 8.83. The van der Waals surface area contributed by atoms with Crippen LogP contribution in [0.5, 0.6) is 0 Å². The molecular formula is C14H21F3N2. The van der Waals surface area contributed by atoms with Gasteiger partial charge in [-0.3, -0.25) is 0 Å². The minimum absolute atomic E-state index is 0.111. The summed E-state index contributed by atoms with van der Waals surface area (Å²) < 4.78 is 36.5. The Balaban J connectivity index is 2.66. The number of nitrogens with two attached hydrogens (primary N) is 1. The molecule has 0 aromatic heterocycles. The summed E-state index contributed by atoms with van der Waals surface area (Å²) in [7, 11) is 0. The summed E-state index contributed by atoms with van der Waals surface area (Å²) >= 11 is 0. The maximum Gasteiger partial charge on any atom is 0.389 e. The Kier molecular flexibility index (Phi) is 5.66. The summed E-state index contributed by atoms with van der Waals surface area (Å²) in [6.07, 6.45) is -4.70. The predicted octanol–water partition coefficient (Wildman–Crippen LogP) is 3.70. The predicted molar refractivity (Wildman–Crippen MR) is 72.1 cm³/mol. The Hall–Kier alpha value is -1.23. The summed E-state index contributed by atoms with van der Waals surface area (Å²) in [5, 5.41) is 0. The normalized spacial score (nSPS) is 11.9. The molecule has 0 bridgehead atoms. The zero-order valence-electron chi connectivity index (χ0n) is 11.4. The molecule has 108 valence electrons. The van der Waals surface area contributed by atoms with Crippen LogP contribution in [0.4, 0.5) is 18.9 Å². The Bertz CT molecular complexity index is 371. The first-order valence-electron chi connectivity index (χ1n) is 6.46. The van der Waals surface area contributed by atoms with Crippen molar-refractivity contribution < 1.29 is 13.2 Å². The van der Waals surface area contributed by atoms with Crippen LogP contribution in [0.1, 0.15) is 32.3 Å². The second kappa shape index (κ2) is 6.80. The highest BCUT2D eigenvalue weighted by molar-refractivity contribution is 5.48. The molecular weight excluding hydrogens is 253 g/mol. The standard InChI is InChI=1S/C14H21F3N2/c1-11(2)19(9-3-8-14(15,16)17)13-6-4-12(10-18)5-7-13/h4-7,11H,3,8-10,18H2,1-2H3. The van der Waals surface area contributed by atoms with E-state index in [1.807, 2.05) is 43.0 Å². The molecule has 2 N–H and O–H groups in total. The third kappa shape index (κ3) is 5.51. The van der Waals surface area contributed by atoms with E-state index in [2.05, 4.69) is 0 Å². The van der Waals surface area contributed by atoms with Gasteiger partial charge < -0.3 is 10.6 Å². The van der Waals surface area contributed by atoms with Crippen molar-refractivity contribution in [3.05, 3.63) is 29.8 Å². The maximum absolute atomic E-state index is 12.2. The lowest BCUT2D eigenvalue weighted by molar-refractivity contribution is -0.135. The number of anilines is 1. The van der Waals surface area contributed by atoms with E-state index in [0.29, 0.717) is 13.1 Å². The van der Waals surface area contributed by atoms with Gasteiger partial charge in [-0.15, -0.1) is 0 Å². The third-order valence-electron chi connectivity index (χ3n) is 2.99. The van der Waals surface area contributed by atoms with E-state index < -0.39 is 12.6 Å². The number of benzene rings is 1. The lowest BCUT2D eigenvalue weighted by Gasteiger charge is -2.29. The molecule has 0 saturated carbocycles. The Morgan fingerprint density at radius 1 is 1.16 bits per heavy atom. The largest absolute Gasteiger partial charge is 0.389 e. The van der Waals surface area contributed by atoms with Crippen molar-refractivity contribution in [1.29, 1.82) is 0 Å². The van der Waals surface area contributed by atoms with Crippen molar-refractivity contribution in [2.75, 3.05) is 11.4 Å². The maximum atomic E-state index is 12.2. The van der Waals surface area contributed by atoms with E-state index in [0.717, 1.165) is 11.3 Å². The summed E-state index contributed by atoms with van der Waals surface area (Å²) in [6.45, 7) is 4.82. The molecule has 1 aromatic carbocycles. The van der Waals surface area contributed by atoms with Crippen LogP contribution in [0.2, 0.25) is 0 Å². The van der Waals surface area contributed by atoms with Crippen molar-refractivity contribution in [1.82, 2.24) is 0 Å². The lowest BCUT2D eigenvalue weighted by Crippen LogP contribution is -2.32. The lowest BCUT2D eigenvalue weighted by atomic mass is 10.1. The average molecular weight is 274 g/mol. The van der Waals surface area contributed by atoms with Crippen molar-refractivity contribution >= 4 is 5.69 Å². The SMILES string of the molecule is CC(C)N(CCCC(F)(F)F)c1ccc(CN)cc1. The quantitative estimate of drug-likeness (QED) is 0.857. The van der Waals surface area contributed by atoms with Gasteiger partial charge in [-0.2, -0.15) is 13.2 Å². The van der Waals surface area contributed by atoms with Crippen LogP contribution in [-0.2, 0) is 6.54 Å². The molecule has 0 heterocycles. The van der Waals surface area contributed by atoms with E-state index in [4.69, 9.17) is 5.73 Å². The number of nitrogens with zero attached hydrogens (tertiary/aromatic N) is 1. The average Bonchev–Trinajstić information content (AvgIpc) is 2.33. The first kappa shape index (κ1) is 15.8. The van der Waals surface area contributed by atoms with Crippen LogP contribution in [0.15, 0.2) is 24.3 Å². The second-order valence-corrected chi connectivity index (χ2v) is 4.88. The zero-order valence-corrected chi connectivity index (χ0v) is 11.4. The molecule has 1 aromatic rings. The van der Waals surface area contributed by atoms with Crippen molar-refractivity contribution in [2.45, 2.75) is 45.5 Å². The molecule has 5 heteroatoms. The molecule has 0 aliphatic heterocycles. The van der Waals surface area contributed by atoms with Gasteiger partial charge in [0.15, 0.2) is 0 Å². The molecule has 19 heavy (non-hydrogen) atoms. The first-order valence-corrected chi connectivity index (χ1v) is 6.46. The topological polar surface area (TPSA) is 29.3 Å². The fraction of sp³-hybridized carbons (Fsp3) is 0.571. The van der Waals surface area contributed by atoms with Gasteiger partial charge in [-0.1, -0.05) is 12.1 Å². The van der Waals surface area contributed by atoms with Crippen LogP contribution in [0, 0.1) is 0 Å². The van der Waals surface area contributed by atoms with Crippen molar-refractivity contribution in [2.24, 2.45) is 5.73 Å². The number of alkyl halides is 3. The van der Waals surface area contributed by atoms with Crippen LogP contribution in [-0.4, -0.2) is 18.8 Å². The molecule has 0 amide bonds. The second-order valence-electron chi connectivity index (χ2n) is 4.88. The minimum atomic E-state index is -4.08. The Morgan fingerprint density at radius 2 is 1.74 bits per heavy atom. The van der Waals surface area contributed by atoms with E-state index in [1.165, 1.54) is 0 Å². The fourth-order valence-electron chi connectivity index (χ4n) is 1.96. The summed E-state index contributed by atoms with van der Waals surface area (Å²) in [5.41, 5.74) is 7.48. The van der Waals surface area contributed by atoms with E-state index in [1.54, 1.807) is 0 Å². The highest BCUT2D eigenvalue weighted by atomic mass is 19.4. The van der Waals surface area contributed by atoms with Gasteiger partial charge >= 0.3 is 6.18 Å². The zero-order chi connectivity index (χ0) is 14.5. The molecule has 2 nitrogen and oxygen atoms in total. The molecule has 0 aliphatic carbocycles. The molecule has 0 radical (unpaired) electrons. The molecule has 0 fully saturated rings. The Morgan fingerprint density at radius 3 is 2.16 bits per heavy atom. The monoisotopic (exact) mass is 274 g/mol. The van der Waals surface area contributed by atoms with E-state index in [9.17, 15) is 13.2 Å². The van der Waals surface area contributed by atoms with Crippen molar-refractivity contribution in [3.63, 3.8) is 0 Å². The molecule has 0 atom stereocenters. The van der Waals surface area contributed by atoms with Gasteiger partial charge in [-0.25, -0.2) is 0 Å². The van der Waals surface area contributed by atoms with E-state index >= 15 is 0 Å². The summed E-state index contributed by atoms with van der Waals surface area (Å²) in [4.78, 5) is 1.98. The van der Waals surface area contributed by atoms with Gasteiger partial charge in [-0.05, 0) is 38.0 Å². The van der Waals surface area contributed by atoms with Crippen LogP contribution < -0.4 is 10.6 Å². The molecule has 0 spiro atoms.